The van der Waals surface area contributed by atoms with Crippen LogP contribution in [-0.4, -0.2) is 6.04 Å². The molecule has 0 saturated heterocycles. The Morgan fingerprint density at radius 2 is 1.63 bits per heavy atom. The van der Waals surface area contributed by atoms with E-state index in [1.807, 2.05) is 0 Å². The fraction of sp³-hybridized carbons (Fsp3) is 0.667. The van der Waals surface area contributed by atoms with Crippen molar-refractivity contribution in [1.29, 1.82) is 0 Å². The molecule has 0 aromatic heterocycles. The van der Waals surface area contributed by atoms with Crippen LogP contribution in [0.25, 0.3) is 0 Å². The molecule has 2 rings (SSSR count). The fourth-order valence-electron chi connectivity index (χ4n) is 3.07. The number of hydrogen-bond acceptors (Lipinski definition) is 1. The van der Waals surface area contributed by atoms with Crippen molar-refractivity contribution in [2.45, 2.75) is 65.3 Å². The molecule has 1 N–H and O–H groups in total. The van der Waals surface area contributed by atoms with E-state index in [0.717, 1.165) is 11.8 Å². The summed E-state index contributed by atoms with van der Waals surface area (Å²) in [6.07, 6.45) is 4.07. The van der Waals surface area contributed by atoms with Crippen LogP contribution in [0.15, 0.2) is 24.3 Å². The van der Waals surface area contributed by atoms with E-state index in [9.17, 15) is 0 Å². The van der Waals surface area contributed by atoms with E-state index in [2.05, 4.69) is 64.2 Å². The monoisotopic (exact) mass is 259 g/mol. The zero-order valence-electron chi connectivity index (χ0n) is 13.2. The first-order valence-corrected chi connectivity index (χ1v) is 7.75. The van der Waals surface area contributed by atoms with Crippen molar-refractivity contribution >= 4 is 5.69 Å². The van der Waals surface area contributed by atoms with Crippen LogP contribution in [0.2, 0.25) is 0 Å². The Labute approximate surface area is 118 Å². The largest absolute Gasteiger partial charge is 0.382 e. The van der Waals surface area contributed by atoms with E-state index in [0.29, 0.717) is 6.04 Å². The van der Waals surface area contributed by atoms with Crippen LogP contribution in [0.5, 0.6) is 0 Å². The first kappa shape index (κ1) is 14.4. The topological polar surface area (TPSA) is 12.0 Å². The van der Waals surface area contributed by atoms with Gasteiger partial charge in [0.15, 0.2) is 0 Å². The van der Waals surface area contributed by atoms with E-state index < -0.39 is 0 Å². The molecule has 0 aliphatic heterocycles. The molecule has 0 heterocycles. The van der Waals surface area contributed by atoms with Gasteiger partial charge in [0.05, 0.1) is 0 Å². The molecule has 3 unspecified atom stereocenters. The van der Waals surface area contributed by atoms with Gasteiger partial charge in [-0.25, -0.2) is 0 Å². The molecule has 3 atom stereocenters. The van der Waals surface area contributed by atoms with Gasteiger partial charge in [-0.3, -0.25) is 0 Å². The normalized spacial score (nSPS) is 28.2. The van der Waals surface area contributed by atoms with Gasteiger partial charge in [-0.1, -0.05) is 59.6 Å². The molecule has 1 aliphatic rings. The third kappa shape index (κ3) is 3.52. The second kappa shape index (κ2) is 5.56. The Kier molecular flexibility index (Phi) is 4.23. The highest BCUT2D eigenvalue weighted by molar-refractivity contribution is 5.46. The predicted molar refractivity (Wildman–Crippen MR) is 84.7 cm³/mol. The number of hydrogen-bond donors (Lipinski definition) is 1. The molecule has 19 heavy (non-hydrogen) atoms. The first-order valence-electron chi connectivity index (χ1n) is 7.75. The molecule has 0 spiro atoms. The number of nitrogens with one attached hydrogen (secondary N) is 1. The van der Waals surface area contributed by atoms with Gasteiger partial charge in [0.25, 0.3) is 0 Å². The minimum absolute atomic E-state index is 0.241. The molecule has 106 valence electrons. The molecule has 0 radical (unpaired) electrons. The third-order valence-electron chi connectivity index (χ3n) is 4.81. The van der Waals surface area contributed by atoms with Crippen LogP contribution >= 0.6 is 0 Å². The average Bonchev–Trinajstić information content (AvgIpc) is 2.35. The van der Waals surface area contributed by atoms with Crippen molar-refractivity contribution in [3.63, 3.8) is 0 Å². The van der Waals surface area contributed by atoms with Crippen LogP contribution in [0.3, 0.4) is 0 Å². The lowest BCUT2D eigenvalue weighted by molar-refractivity contribution is 0.253. The van der Waals surface area contributed by atoms with Crippen LogP contribution in [0.4, 0.5) is 5.69 Å². The summed E-state index contributed by atoms with van der Waals surface area (Å²) in [5.41, 5.74) is 2.92. The summed E-state index contributed by atoms with van der Waals surface area (Å²) < 4.78 is 0. The van der Waals surface area contributed by atoms with Crippen LogP contribution in [0, 0.1) is 11.8 Å². The summed E-state index contributed by atoms with van der Waals surface area (Å²) >= 11 is 0. The first-order chi connectivity index (χ1) is 8.88. The highest BCUT2D eigenvalue weighted by Crippen LogP contribution is 2.32. The van der Waals surface area contributed by atoms with E-state index in [1.165, 1.54) is 30.5 Å². The zero-order chi connectivity index (χ0) is 14.0. The molecule has 1 fully saturated rings. The minimum Gasteiger partial charge on any atom is -0.382 e. The van der Waals surface area contributed by atoms with Gasteiger partial charge in [0, 0.05) is 11.7 Å². The number of benzene rings is 1. The molecule has 1 nitrogen and oxygen atoms in total. The molecule has 1 aromatic carbocycles. The summed E-state index contributed by atoms with van der Waals surface area (Å²) in [5, 5.41) is 3.74. The van der Waals surface area contributed by atoms with Crippen LogP contribution < -0.4 is 5.32 Å². The minimum atomic E-state index is 0.241. The van der Waals surface area contributed by atoms with Gasteiger partial charge < -0.3 is 5.32 Å². The summed E-state index contributed by atoms with van der Waals surface area (Å²) in [4.78, 5) is 0. The lowest BCUT2D eigenvalue weighted by Gasteiger charge is -2.35. The molecule has 1 saturated carbocycles. The summed E-state index contributed by atoms with van der Waals surface area (Å²) in [7, 11) is 0. The van der Waals surface area contributed by atoms with E-state index in [4.69, 9.17) is 0 Å². The maximum absolute atomic E-state index is 3.74. The lowest BCUT2D eigenvalue weighted by Crippen LogP contribution is -2.34. The molecule has 0 amide bonds. The fourth-order valence-corrected chi connectivity index (χ4v) is 3.07. The molecule has 1 aliphatic carbocycles. The maximum atomic E-state index is 3.74. The van der Waals surface area contributed by atoms with Crippen molar-refractivity contribution in [1.82, 2.24) is 0 Å². The second-order valence-electron chi connectivity index (χ2n) is 7.35. The quantitative estimate of drug-likeness (QED) is 0.767. The van der Waals surface area contributed by atoms with Gasteiger partial charge in [0.2, 0.25) is 0 Å². The highest BCUT2D eigenvalue weighted by atomic mass is 14.9. The van der Waals surface area contributed by atoms with Crippen molar-refractivity contribution in [2.24, 2.45) is 11.8 Å². The molecule has 1 aromatic rings. The Morgan fingerprint density at radius 1 is 1.00 bits per heavy atom. The smallest absolute Gasteiger partial charge is 0.0342 e. The SMILES string of the molecule is CC1CCCC(Nc2ccc(C(C)(C)C)cc2)C1C. The van der Waals surface area contributed by atoms with Crippen molar-refractivity contribution in [2.75, 3.05) is 5.32 Å². The zero-order valence-corrected chi connectivity index (χ0v) is 13.2. The number of rotatable bonds is 2. The van der Waals surface area contributed by atoms with Gasteiger partial charge in [-0.05, 0) is 41.4 Å². The molecule has 0 bridgehead atoms. The Bertz CT molecular complexity index is 399. The van der Waals surface area contributed by atoms with E-state index >= 15 is 0 Å². The predicted octanol–water partition coefficient (Wildman–Crippen LogP) is 5.22. The van der Waals surface area contributed by atoms with Crippen LogP contribution in [-0.2, 0) is 5.41 Å². The van der Waals surface area contributed by atoms with Crippen molar-refractivity contribution < 1.29 is 0 Å². The van der Waals surface area contributed by atoms with E-state index in [1.54, 1.807) is 0 Å². The Hall–Kier alpha value is -0.980. The van der Waals surface area contributed by atoms with Crippen LogP contribution in [0.1, 0.15) is 59.4 Å². The second-order valence-corrected chi connectivity index (χ2v) is 7.35. The third-order valence-corrected chi connectivity index (χ3v) is 4.81. The molecular weight excluding hydrogens is 230 g/mol. The van der Waals surface area contributed by atoms with Gasteiger partial charge in [-0.15, -0.1) is 0 Å². The summed E-state index contributed by atoms with van der Waals surface area (Å²) in [6, 6.07) is 9.65. The lowest BCUT2D eigenvalue weighted by atomic mass is 9.78. The van der Waals surface area contributed by atoms with Crippen molar-refractivity contribution in [3.8, 4) is 0 Å². The van der Waals surface area contributed by atoms with Gasteiger partial charge in [0.1, 0.15) is 0 Å². The van der Waals surface area contributed by atoms with E-state index in [-0.39, 0.29) is 5.41 Å². The molecule has 1 heteroatoms. The van der Waals surface area contributed by atoms with Gasteiger partial charge >= 0.3 is 0 Å². The standard InChI is InChI=1S/C18H29N/c1-13-7-6-8-17(14(13)2)19-16-11-9-15(10-12-16)18(3,4)5/h9-14,17,19H,6-8H2,1-5H3. The Morgan fingerprint density at radius 3 is 2.21 bits per heavy atom. The summed E-state index contributed by atoms with van der Waals surface area (Å²) in [6.45, 7) is 11.6. The highest BCUT2D eigenvalue weighted by Gasteiger charge is 2.26. The van der Waals surface area contributed by atoms with Gasteiger partial charge in [-0.2, -0.15) is 0 Å². The number of anilines is 1. The van der Waals surface area contributed by atoms with Crippen molar-refractivity contribution in [3.05, 3.63) is 29.8 Å². The summed E-state index contributed by atoms with van der Waals surface area (Å²) in [5.74, 6) is 1.62. The average molecular weight is 259 g/mol. The maximum Gasteiger partial charge on any atom is 0.0342 e. The molecular formula is C18H29N. The Balaban J connectivity index is 2.03.